The highest BCUT2D eigenvalue weighted by Gasteiger charge is 2.33. The summed E-state index contributed by atoms with van der Waals surface area (Å²) in [6.07, 6.45) is 2.15. The third-order valence-electron chi connectivity index (χ3n) is 2.96. The number of nitrogens with one attached hydrogen (secondary N) is 2. The molecule has 1 aliphatic rings. The van der Waals surface area contributed by atoms with Gasteiger partial charge in [-0.1, -0.05) is 20.3 Å². The number of carbonyl (C=O) groups is 1. The van der Waals surface area contributed by atoms with Crippen molar-refractivity contribution < 1.29 is 9.53 Å². The van der Waals surface area contributed by atoms with Crippen LogP contribution in [0.3, 0.4) is 0 Å². The Morgan fingerprint density at radius 2 is 2.19 bits per heavy atom. The van der Waals surface area contributed by atoms with Crippen molar-refractivity contribution in [2.45, 2.75) is 39.7 Å². The van der Waals surface area contributed by atoms with Crippen molar-refractivity contribution in [2.75, 3.05) is 26.3 Å². The van der Waals surface area contributed by atoms with Crippen LogP contribution < -0.4 is 10.6 Å². The second-order valence-corrected chi connectivity index (χ2v) is 5.05. The lowest BCUT2D eigenvalue weighted by Gasteiger charge is -2.38. The molecule has 0 aromatic heterocycles. The fourth-order valence-electron chi connectivity index (χ4n) is 1.59. The topological polar surface area (TPSA) is 50.4 Å². The minimum absolute atomic E-state index is 0.0947. The van der Waals surface area contributed by atoms with Gasteiger partial charge in [0.05, 0.1) is 19.3 Å². The Labute approximate surface area is 98.1 Å². The molecule has 1 unspecified atom stereocenters. The molecule has 1 saturated heterocycles. The third-order valence-corrected chi connectivity index (χ3v) is 2.96. The average Bonchev–Trinajstić information content (AvgIpc) is 2.23. The molecule has 1 amide bonds. The average molecular weight is 228 g/mol. The standard InChI is InChI=1S/C12H24N2O2/c1-4-5-6-13-11(15)10(2)14-7-12(3)8-16-9-12/h10,14H,4-9H2,1-3H3,(H,13,15). The smallest absolute Gasteiger partial charge is 0.236 e. The fourth-order valence-corrected chi connectivity index (χ4v) is 1.59. The van der Waals surface area contributed by atoms with Crippen LogP contribution in [0.25, 0.3) is 0 Å². The normalized spacial score (nSPS) is 19.9. The second-order valence-electron chi connectivity index (χ2n) is 5.05. The molecule has 0 saturated carbocycles. The Kier molecular flexibility index (Phi) is 5.22. The highest BCUT2D eigenvalue weighted by Crippen LogP contribution is 2.25. The molecule has 0 aliphatic carbocycles. The van der Waals surface area contributed by atoms with Crippen LogP contribution in [0.4, 0.5) is 0 Å². The molecule has 1 aliphatic heterocycles. The summed E-state index contributed by atoms with van der Waals surface area (Å²) < 4.78 is 5.17. The van der Waals surface area contributed by atoms with E-state index in [4.69, 9.17) is 4.74 Å². The molecule has 94 valence electrons. The lowest BCUT2D eigenvalue weighted by atomic mass is 9.88. The first-order chi connectivity index (χ1) is 7.57. The quantitative estimate of drug-likeness (QED) is 0.637. The molecule has 1 rings (SSSR count). The van der Waals surface area contributed by atoms with Gasteiger partial charge in [-0.25, -0.2) is 0 Å². The molecular formula is C12H24N2O2. The van der Waals surface area contributed by atoms with Crippen molar-refractivity contribution in [1.29, 1.82) is 0 Å². The molecule has 1 heterocycles. The van der Waals surface area contributed by atoms with E-state index >= 15 is 0 Å². The van der Waals surface area contributed by atoms with Crippen molar-refractivity contribution >= 4 is 5.91 Å². The molecule has 4 heteroatoms. The first kappa shape index (κ1) is 13.5. The van der Waals surface area contributed by atoms with Crippen LogP contribution >= 0.6 is 0 Å². The Morgan fingerprint density at radius 1 is 1.50 bits per heavy atom. The summed E-state index contributed by atoms with van der Waals surface area (Å²) in [6, 6.07) is -0.116. The van der Waals surface area contributed by atoms with Crippen LogP contribution in [0.15, 0.2) is 0 Å². The zero-order chi connectivity index (χ0) is 12.0. The molecule has 1 atom stereocenters. The van der Waals surface area contributed by atoms with Crippen LogP contribution in [0.5, 0.6) is 0 Å². The van der Waals surface area contributed by atoms with Crippen molar-refractivity contribution in [1.82, 2.24) is 10.6 Å². The van der Waals surface area contributed by atoms with Gasteiger partial charge in [-0.2, -0.15) is 0 Å². The number of hydrogen-bond donors (Lipinski definition) is 2. The van der Waals surface area contributed by atoms with Crippen LogP contribution in [-0.4, -0.2) is 38.3 Å². The minimum atomic E-state index is -0.116. The highest BCUT2D eigenvalue weighted by molar-refractivity contribution is 5.81. The van der Waals surface area contributed by atoms with Crippen molar-refractivity contribution in [3.63, 3.8) is 0 Å². The van der Waals surface area contributed by atoms with E-state index in [1.807, 2.05) is 6.92 Å². The Bertz CT molecular complexity index is 227. The van der Waals surface area contributed by atoms with E-state index in [1.165, 1.54) is 0 Å². The molecule has 0 aromatic carbocycles. The number of hydrogen-bond acceptors (Lipinski definition) is 3. The van der Waals surface area contributed by atoms with Crippen LogP contribution in [0.1, 0.15) is 33.6 Å². The summed E-state index contributed by atoms with van der Waals surface area (Å²) in [4.78, 5) is 11.6. The maximum Gasteiger partial charge on any atom is 0.236 e. The highest BCUT2D eigenvalue weighted by atomic mass is 16.5. The van der Waals surface area contributed by atoms with Gasteiger partial charge in [-0.15, -0.1) is 0 Å². The largest absolute Gasteiger partial charge is 0.380 e. The van der Waals surface area contributed by atoms with E-state index in [2.05, 4.69) is 24.5 Å². The van der Waals surface area contributed by atoms with E-state index in [-0.39, 0.29) is 17.4 Å². The Morgan fingerprint density at radius 3 is 2.69 bits per heavy atom. The van der Waals surface area contributed by atoms with Crippen molar-refractivity contribution in [3.05, 3.63) is 0 Å². The molecular weight excluding hydrogens is 204 g/mol. The molecule has 0 aromatic rings. The van der Waals surface area contributed by atoms with Gasteiger partial charge >= 0.3 is 0 Å². The van der Waals surface area contributed by atoms with Gasteiger partial charge in [0.15, 0.2) is 0 Å². The van der Waals surface area contributed by atoms with Gasteiger partial charge < -0.3 is 15.4 Å². The predicted octanol–water partition coefficient (Wildman–Crippen LogP) is 0.917. The van der Waals surface area contributed by atoms with Crippen molar-refractivity contribution in [2.24, 2.45) is 5.41 Å². The lowest BCUT2D eigenvalue weighted by molar-refractivity contribution is -0.124. The van der Waals surface area contributed by atoms with E-state index in [9.17, 15) is 4.79 Å². The minimum Gasteiger partial charge on any atom is -0.380 e. The van der Waals surface area contributed by atoms with Gasteiger partial charge in [0, 0.05) is 18.5 Å². The van der Waals surface area contributed by atoms with E-state index in [0.717, 1.165) is 39.1 Å². The molecule has 1 fully saturated rings. The molecule has 4 nitrogen and oxygen atoms in total. The second kappa shape index (κ2) is 6.21. The van der Waals surface area contributed by atoms with Gasteiger partial charge in [-0.05, 0) is 13.3 Å². The van der Waals surface area contributed by atoms with E-state index in [1.54, 1.807) is 0 Å². The predicted molar refractivity (Wildman–Crippen MR) is 64.3 cm³/mol. The zero-order valence-corrected chi connectivity index (χ0v) is 10.6. The van der Waals surface area contributed by atoms with Crippen LogP contribution in [0, 0.1) is 5.41 Å². The van der Waals surface area contributed by atoms with Crippen LogP contribution in [0.2, 0.25) is 0 Å². The van der Waals surface area contributed by atoms with Gasteiger partial charge in [-0.3, -0.25) is 4.79 Å². The molecule has 2 N–H and O–H groups in total. The maximum atomic E-state index is 11.6. The number of unbranched alkanes of at least 4 members (excludes halogenated alkanes) is 1. The Balaban J connectivity index is 2.13. The monoisotopic (exact) mass is 228 g/mol. The van der Waals surface area contributed by atoms with Crippen LogP contribution in [-0.2, 0) is 9.53 Å². The molecule has 0 spiro atoms. The first-order valence-corrected chi connectivity index (χ1v) is 6.16. The first-order valence-electron chi connectivity index (χ1n) is 6.16. The molecule has 16 heavy (non-hydrogen) atoms. The number of ether oxygens (including phenoxy) is 1. The van der Waals surface area contributed by atoms with Gasteiger partial charge in [0.1, 0.15) is 0 Å². The number of rotatable bonds is 7. The summed E-state index contributed by atoms with van der Waals surface area (Å²) in [5.74, 6) is 0.0947. The Hall–Kier alpha value is -0.610. The maximum absolute atomic E-state index is 11.6. The summed E-state index contributed by atoms with van der Waals surface area (Å²) in [5, 5.41) is 6.18. The lowest BCUT2D eigenvalue weighted by Crippen LogP contribution is -2.52. The van der Waals surface area contributed by atoms with Gasteiger partial charge in [0.2, 0.25) is 5.91 Å². The number of carbonyl (C=O) groups excluding carboxylic acids is 1. The zero-order valence-electron chi connectivity index (χ0n) is 10.6. The van der Waals surface area contributed by atoms with Gasteiger partial charge in [0.25, 0.3) is 0 Å². The summed E-state index contributed by atoms with van der Waals surface area (Å²) in [5.41, 5.74) is 0.220. The summed E-state index contributed by atoms with van der Waals surface area (Å²) >= 11 is 0. The SMILES string of the molecule is CCCCNC(=O)C(C)NCC1(C)COC1. The molecule has 0 radical (unpaired) electrons. The molecule has 0 bridgehead atoms. The van der Waals surface area contributed by atoms with Crippen molar-refractivity contribution in [3.8, 4) is 0 Å². The number of amides is 1. The third kappa shape index (κ3) is 4.10. The fraction of sp³-hybridized carbons (Fsp3) is 0.917. The van der Waals surface area contributed by atoms with E-state index < -0.39 is 0 Å². The van der Waals surface area contributed by atoms with E-state index in [0.29, 0.717) is 0 Å². The summed E-state index contributed by atoms with van der Waals surface area (Å²) in [6.45, 7) is 9.41. The summed E-state index contributed by atoms with van der Waals surface area (Å²) in [7, 11) is 0.